The van der Waals surface area contributed by atoms with Crippen LogP contribution in [-0.4, -0.2) is 31.1 Å². The second-order valence-electron chi connectivity index (χ2n) is 6.11. The largest absolute Gasteiger partial charge is 0.310 e. The second-order valence-corrected chi connectivity index (χ2v) is 7.02. The lowest BCUT2D eigenvalue weighted by atomic mass is 10.0. The summed E-state index contributed by atoms with van der Waals surface area (Å²) in [5, 5.41) is 3.72. The molecule has 0 bridgehead atoms. The SMILES string of the molecule is CCCNC(CCN1CCCCCC1)c1cccc(Br)c1. The van der Waals surface area contributed by atoms with Gasteiger partial charge in [0.15, 0.2) is 0 Å². The van der Waals surface area contributed by atoms with Crippen LogP contribution in [0.5, 0.6) is 0 Å². The Kier molecular flexibility index (Phi) is 7.76. The first kappa shape index (κ1) is 17.0. The van der Waals surface area contributed by atoms with Gasteiger partial charge in [-0.15, -0.1) is 0 Å². The van der Waals surface area contributed by atoms with E-state index >= 15 is 0 Å². The molecule has 1 fully saturated rings. The maximum Gasteiger partial charge on any atom is 0.0332 e. The summed E-state index contributed by atoms with van der Waals surface area (Å²) < 4.78 is 1.18. The van der Waals surface area contributed by atoms with E-state index in [0.29, 0.717) is 6.04 Å². The predicted octanol–water partition coefficient (Wildman–Crippen LogP) is 4.76. The molecule has 1 heterocycles. The Bertz CT molecular complexity index is 400. The third-order valence-electron chi connectivity index (χ3n) is 4.32. The number of rotatable bonds is 7. The van der Waals surface area contributed by atoms with E-state index in [1.807, 2.05) is 0 Å². The summed E-state index contributed by atoms with van der Waals surface area (Å²) in [6, 6.07) is 9.24. The fraction of sp³-hybridized carbons (Fsp3) is 0.667. The number of benzene rings is 1. The highest BCUT2D eigenvalue weighted by Gasteiger charge is 2.14. The number of hydrogen-bond acceptors (Lipinski definition) is 2. The number of nitrogens with one attached hydrogen (secondary N) is 1. The highest BCUT2D eigenvalue weighted by atomic mass is 79.9. The summed E-state index contributed by atoms with van der Waals surface area (Å²) >= 11 is 3.60. The highest BCUT2D eigenvalue weighted by molar-refractivity contribution is 9.10. The molecule has 0 amide bonds. The molecule has 1 aliphatic rings. The normalized spacial score (nSPS) is 18.4. The van der Waals surface area contributed by atoms with E-state index in [9.17, 15) is 0 Å². The van der Waals surface area contributed by atoms with E-state index in [0.717, 1.165) is 6.54 Å². The van der Waals surface area contributed by atoms with Crippen LogP contribution in [0.15, 0.2) is 28.7 Å². The topological polar surface area (TPSA) is 15.3 Å². The maximum absolute atomic E-state index is 3.72. The molecule has 118 valence electrons. The first-order valence-electron chi connectivity index (χ1n) is 8.51. The lowest BCUT2D eigenvalue weighted by molar-refractivity contribution is 0.266. The van der Waals surface area contributed by atoms with Crippen molar-refractivity contribution in [1.29, 1.82) is 0 Å². The van der Waals surface area contributed by atoms with Crippen molar-refractivity contribution in [3.8, 4) is 0 Å². The van der Waals surface area contributed by atoms with Gasteiger partial charge >= 0.3 is 0 Å². The molecule has 1 unspecified atom stereocenters. The molecule has 0 aliphatic carbocycles. The van der Waals surface area contributed by atoms with Crippen LogP contribution in [0.3, 0.4) is 0 Å². The van der Waals surface area contributed by atoms with Gasteiger partial charge < -0.3 is 10.2 Å². The molecular weight excluding hydrogens is 324 g/mol. The zero-order valence-corrected chi connectivity index (χ0v) is 14.9. The highest BCUT2D eigenvalue weighted by Crippen LogP contribution is 2.22. The van der Waals surface area contributed by atoms with Gasteiger partial charge in [0.25, 0.3) is 0 Å². The van der Waals surface area contributed by atoms with Crippen LogP contribution >= 0.6 is 15.9 Å². The molecule has 1 atom stereocenters. The Hall–Kier alpha value is -0.380. The van der Waals surface area contributed by atoms with Crippen LogP contribution in [-0.2, 0) is 0 Å². The fourth-order valence-corrected chi connectivity index (χ4v) is 3.52. The van der Waals surface area contributed by atoms with Gasteiger partial charge in [0.1, 0.15) is 0 Å². The summed E-state index contributed by atoms with van der Waals surface area (Å²) in [5.41, 5.74) is 1.41. The van der Waals surface area contributed by atoms with Crippen LogP contribution in [0, 0.1) is 0 Å². The molecular formula is C18H29BrN2. The smallest absolute Gasteiger partial charge is 0.0332 e. The summed E-state index contributed by atoms with van der Waals surface area (Å²) in [5.74, 6) is 0. The summed E-state index contributed by atoms with van der Waals surface area (Å²) in [6.07, 6.45) is 7.98. The molecule has 1 N–H and O–H groups in total. The molecule has 0 radical (unpaired) electrons. The molecule has 3 heteroatoms. The minimum atomic E-state index is 0.478. The molecule has 1 saturated heterocycles. The van der Waals surface area contributed by atoms with Crippen molar-refractivity contribution in [2.75, 3.05) is 26.2 Å². The molecule has 0 saturated carbocycles. The molecule has 0 spiro atoms. The van der Waals surface area contributed by atoms with Crippen molar-refractivity contribution in [3.63, 3.8) is 0 Å². The monoisotopic (exact) mass is 352 g/mol. The number of likely N-dealkylation sites (tertiary alicyclic amines) is 1. The standard InChI is InChI=1S/C18H29BrN2/c1-2-11-20-18(16-8-7-9-17(19)15-16)10-14-21-12-5-3-4-6-13-21/h7-9,15,18,20H,2-6,10-14H2,1H3. The zero-order valence-electron chi connectivity index (χ0n) is 13.3. The summed E-state index contributed by atoms with van der Waals surface area (Å²) in [7, 11) is 0. The first-order chi connectivity index (χ1) is 10.3. The predicted molar refractivity (Wildman–Crippen MR) is 94.7 cm³/mol. The minimum absolute atomic E-state index is 0.478. The molecule has 0 aromatic heterocycles. The van der Waals surface area contributed by atoms with Gasteiger partial charge in [-0.25, -0.2) is 0 Å². The van der Waals surface area contributed by atoms with Crippen LogP contribution in [0.4, 0.5) is 0 Å². The van der Waals surface area contributed by atoms with Crippen molar-refractivity contribution in [2.45, 2.75) is 51.5 Å². The Morgan fingerprint density at radius 2 is 1.95 bits per heavy atom. The van der Waals surface area contributed by atoms with Crippen molar-refractivity contribution in [3.05, 3.63) is 34.3 Å². The van der Waals surface area contributed by atoms with Crippen LogP contribution in [0.2, 0.25) is 0 Å². The van der Waals surface area contributed by atoms with Crippen molar-refractivity contribution < 1.29 is 0 Å². The van der Waals surface area contributed by atoms with Gasteiger partial charge in [0.05, 0.1) is 0 Å². The summed E-state index contributed by atoms with van der Waals surface area (Å²) in [6.45, 7) is 7.13. The van der Waals surface area contributed by atoms with Gasteiger partial charge in [-0.3, -0.25) is 0 Å². The van der Waals surface area contributed by atoms with E-state index < -0.39 is 0 Å². The van der Waals surface area contributed by atoms with E-state index in [1.165, 1.54) is 68.2 Å². The van der Waals surface area contributed by atoms with Crippen LogP contribution < -0.4 is 5.32 Å². The lowest BCUT2D eigenvalue weighted by Gasteiger charge is -2.25. The summed E-state index contributed by atoms with van der Waals surface area (Å²) in [4.78, 5) is 2.66. The van der Waals surface area contributed by atoms with Gasteiger partial charge in [-0.05, 0) is 69.6 Å². The first-order valence-corrected chi connectivity index (χ1v) is 9.30. The van der Waals surface area contributed by atoms with E-state index in [1.54, 1.807) is 0 Å². The van der Waals surface area contributed by atoms with E-state index in [2.05, 4.69) is 57.3 Å². The van der Waals surface area contributed by atoms with Crippen molar-refractivity contribution in [2.24, 2.45) is 0 Å². The molecule has 2 rings (SSSR count). The Balaban J connectivity index is 1.92. The Labute approximate surface area is 138 Å². The number of nitrogens with zero attached hydrogens (tertiary/aromatic N) is 1. The van der Waals surface area contributed by atoms with Crippen LogP contribution in [0.1, 0.15) is 57.1 Å². The second kappa shape index (κ2) is 9.60. The molecule has 1 aliphatic heterocycles. The van der Waals surface area contributed by atoms with Gasteiger partial charge in [0.2, 0.25) is 0 Å². The number of hydrogen-bond donors (Lipinski definition) is 1. The zero-order chi connectivity index (χ0) is 14.9. The fourth-order valence-electron chi connectivity index (χ4n) is 3.10. The maximum atomic E-state index is 3.72. The van der Waals surface area contributed by atoms with E-state index in [-0.39, 0.29) is 0 Å². The van der Waals surface area contributed by atoms with Crippen molar-refractivity contribution in [1.82, 2.24) is 10.2 Å². The Morgan fingerprint density at radius 1 is 1.19 bits per heavy atom. The number of halogens is 1. The quantitative estimate of drug-likeness (QED) is 0.761. The van der Waals surface area contributed by atoms with Crippen molar-refractivity contribution >= 4 is 15.9 Å². The molecule has 21 heavy (non-hydrogen) atoms. The minimum Gasteiger partial charge on any atom is -0.310 e. The van der Waals surface area contributed by atoms with Gasteiger partial charge in [-0.1, -0.05) is 47.8 Å². The average molecular weight is 353 g/mol. The molecule has 2 nitrogen and oxygen atoms in total. The van der Waals surface area contributed by atoms with Gasteiger partial charge in [-0.2, -0.15) is 0 Å². The van der Waals surface area contributed by atoms with Gasteiger partial charge in [0, 0.05) is 10.5 Å². The third kappa shape index (κ3) is 6.09. The Morgan fingerprint density at radius 3 is 2.62 bits per heavy atom. The lowest BCUT2D eigenvalue weighted by Crippen LogP contribution is -2.30. The third-order valence-corrected chi connectivity index (χ3v) is 4.82. The van der Waals surface area contributed by atoms with E-state index in [4.69, 9.17) is 0 Å². The molecule has 1 aromatic carbocycles. The average Bonchev–Trinajstić information content (AvgIpc) is 2.76. The van der Waals surface area contributed by atoms with Crippen LogP contribution in [0.25, 0.3) is 0 Å². The molecule has 1 aromatic rings.